The molecule has 0 unspecified atom stereocenters. The molecule has 6 nitrogen and oxygen atoms in total. The number of fused-ring (bicyclic) bond motifs is 1. The maximum atomic E-state index is 11.1. The van der Waals surface area contributed by atoms with Crippen LogP contribution in [0.25, 0.3) is 23.2 Å². The summed E-state index contributed by atoms with van der Waals surface area (Å²) in [5.74, 6) is 0.679. The summed E-state index contributed by atoms with van der Waals surface area (Å²) in [4.78, 5) is 18.5. The van der Waals surface area contributed by atoms with E-state index in [0.717, 1.165) is 5.56 Å². The highest BCUT2D eigenvalue weighted by Crippen LogP contribution is 2.26. The quantitative estimate of drug-likeness (QED) is 0.777. The van der Waals surface area contributed by atoms with Crippen LogP contribution >= 0.6 is 0 Å². The fourth-order valence-electron chi connectivity index (χ4n) is 2.43. The van der Waals surface area contributed by atoms with Gasteiger partial charge in [-0.25, -0.2) is 4.98 Å². The van der Waals surface area contributed by atoms with Gasteiger partial charge in [-0.1, -0.05) is 12.1 Å². The van der Waals surface area contributed by atoms with Gasteiger partial charge in [0.2, 0.25) is 0 Å². The van der Waals surface area contributed by atoms with Gasteiger partial charge in [-0.05, 0) is 36.4 Å². The first kappa shape index (κ1) is 15.6. The fourth-order valence-corrected chi connectivity index (χ4v) is 2.43. The normalized spacial score (nSPS) is 11.1. The SMILES string of the molecule is COc1ccc(OC)c(/C=C/c2nc3c(C(=O)[O-])cccc3[nH]2)c1. The molecule has 122 valence electrons. The van der Waals surface area contributed by atoms with E-state index in [1.807, 2.05) is 24.3 Å². The molecule has 3 aromatic rings. The standard InChI is InChI=1S/C18H16N2O4/c1-23-12-7-8-15(24-2)11(10-12)6-9-16-19-14-5-3-4-13(18(21)22)17(14)20-16/h3-10H,1-2H3,(H,19,20)(H,21,22)/p-1/b9-6+. The number of para-hydroxylation sites is 1. The van der Waals surface area contributed by atoms with Crippen molar-refractivity contribution >= 4 is 29.2 Å². The third-order valence-electron chi connectivity index (χ3n) is 3.61. The van der Waals surface area contributed by atoms with Crippen molar-refractivity contribution in [2.45, 2.75) is 0 Å². The van der Waals surface area contributed by atoms with E-state index >= 15 is 0 Å². The minimum atomic E-state index is -1.25. The molecule has 2 aromatic carbocycles. The summed E-state index contributed by atoms with van der Waals surface area (Å²) >= 11 is 0. The number of carboxylic acids is 1. The third kappa shape index (κ3) is 2.94. The number of nitrogens with one attached hydrogen (secondary N) is 1. The lowest BCUT2D eigenvalue weighted by Gasteiger charge is -2.06. The molecule has 0 saturated carbocycles. The summed E-state index contributed by atoms with van der Waals surface area (Å²) in [6, 6.07) is 10.3. The number of ether oxygens (including phenoxy) is 2. The molecule has 0 atom stereocenters. The van der Waals surface area contributed by atoms with Gasteiger partial charge in [0.25, 0.3) is 0 Å². The van der Waals surface area contributed by atoms with Crippen LogP contribution in [-0.2, 0) is 0 Å². The van der Waals surface area contributed by atoms with E-state index in [1.165, 1.54) is 6.07 Å². The van der Waals surface area contributed by atoms with Crippen molar-refractivity contribution in [1.29, 1.82) is 0 Å². The molecule has 1 aromatic heterocycles. The number of rotatable bonds is 5. The van der Waals surface area contributed by atoms with Gasteiger partial charge < -0.3 is 24.4 Å². The number of aromatic carboxylic acids is 1. The number of hydrogen-bond donors (Lipinski definition) is 1. The second kappa shape index (κ2) is 6.45. The van der Waals surface area contributed by atoms with Crippen LogP contribution < -0.4 is 14.6 Å². The summed E-state index contributed by atoms with van der Waals surface area (Å²) in [6.07, 6.45) is 3.56. The number of H-pyrrole nitrogens is 1. The van der Waals surface area contributed by atoms with E-state index in [4.69, 9.17) is 9.47 Å². The zero-order chi connectivity index (χ0) is 17.1. The smallest absolute Gasteiger partial charge is 0.131 e. The topological polar surface area (TPSA) is 87.3 Å². The van der Waals surface area contributed by atoms with E-state index in [2.05, 4.69) is 9.97 Å². The number of nitrogens with zero attached hydrogens (tertiary/aromatic N) is 1. The van der Waals surface area contributed by atoms with Gasteiger partial charge in [0.05, 0.1) is 31.2 Å². The molecule has 0 aliphatic carbocycles. The number of carbonyl (C=O) groups excluding carboxylic acids is 1. The molecular weight excluding hydrogens is 308 g/mol. The monoisotopic (exact) mass is 323 g/mol. The van der Waals surface area contributed by atoms with Crippen LogP contribution in [0.1, 0.15) is 21.7 Å². The number of hydrogen-bond acceptors (Lipinski definition) is 5. The zero-order valence-corrected chi connectivity index (χ0v) is 13.2. The average Bonchev–Trinajstić information content (AvgIpc) is 3.02. The number of carbonyl (C=O) groups is 1. The number of methoxy groups -OCH3 is 2. The van der Waals surface area contributed by atoms with Gasteiger partial charge in [0.15, 0.2) is 0 Å². The van der Waals surface area contributed by atoms with E-state index in [0.29, 0.717) is 28.4 Å². The van der Waals surface area contributed by atoms with Crippen molar-refractivity contribution < 1.29 is 19.4 Å². The van der Waals surface area contributed by atoms with E-state index in [1.54, 1.807) is 32.4 Å². The van der Waals surface area contributed by atoms with Crippen molar-refractivity contribution in [3.05, 3.63) is 53.3 Å². The average molecular weight is 323 g/mol. The first-order valence-electron chi connectivity index (χ1n) is 7.22. The first-order chi connectivity index (χ1) is 11.6. The predicted octanol–water partition coefficient (Wildman–Crippen LogP) is 2.11. The van der Waals surface area contributed by atoms with Crippen molar-refractivity contribution in [3.8, 4) is 11.5 Å². The van der Waals surface area contributed by atoms with E-state index in [-0.39, 0.29) is 5.56 Å². The van der Waals surface area contributed by atoms with E-state index in [9.17, 15) is 9.90 Å². The number of imidazole rings is 1. The lowest BCUT2D eigenvalue weighted by Crippen LogP contribution is -2.22. The van der Waals surface area contributed by atoms with Crippen molar-refractivity contribution in [2.24, 2.45) is 0 Å². The van der Waals surface area contributed by atoms with Gasteiger partial charge in [0.1, 0.15) is 17.3 Å². The summed E-state index contributed by atoms with van der Waals surface area (Å²) in [5.41, 5.74) is 1.88. The van der Waals surface area contributed by atoms with Crippen molar-refractivity contribution in [1.82, 2.24) is 9.97 Å². The van der Waals surface area contributed by atoms with Gasteiger partial charge in [-0.15, -0.1) is 0 Å². The number of carboxylic acid groups (broad SMARTS) is 1. The zero-order valence-electron chi connectivity index (χ0n) is 13.2. The second-order valence-electron chi connectivity index (χ2n) is 5.05. The Morgan fingerprint density at radius 3 is 2.71 bits per heavy atom. The molecule has 1 heterocycles. The molecule has 3 rings (SSSR count). The second-order valence-corrected chi connectivity index (χ2v) is 5.05. The van der Waals surface area contributed by atoms with Crippen LogP contribution in [0.2, 0.25) is 0 Å². The van der Waals surface area contributed by atoms with Crippen LogP contribution in [-0.4, -0.2) is 30.2 Å². The van der Waals surface area contributed by atoms with Gasteiger partial charge in [-0.2, -0.15) is 0 Å². The predicted molar refractivity (Wildman–Crippen MR) is 88.9 cm³/mol. The molecule has 0 aliphatic rings. The van der Waals surface area contributed by atoms with Crippen LogP contribution in [0.3, 0.4) is 0 Å². The maximum Gasteiger partial charge on any atom is 0.131 e. The number of benzene rings is 2. The van der Waals surface area contributed by atoms with Crippen LogP contribution in [0.5, 0.6) is 11.5 Å². The Labute approximate surface area is 138 Å². The Hall–Kier alpha value is -3.28. The minimum absolute atomic E-state index is 0.0577. The summed E-state index contributed by atoms with van der Waals surface area (Å²) in [5, 5.41) is 11.1. The fraction of sp³-hybridized carbons (Fsp3) is 0.111. The van der Waals surface area contributed by atoms with Crippen molar-refractivity contribution in [2.75, 3.05) is 14.2 Å². The minimum Gasteiger partial charge on any atom is -0.545 e. The highest BCUT2D eigenvalue weighted by molar-refractivity contribution is 6.00. The summed E-state index contributed by atoms with van der Waals surface area (Å²) < 4.78 is 10.5. The van der Waals surface area contributed by atoms with Crippen LogP contribution in [0.4, 0.5) is 0 Å². The Balaban J connectivity index is 1.99. The summed E-state index contributed by atoms with van der Waals surface area (Å²) in [6.45, 7) is 0. The Kier molecular flexibility index (Phi) is 4.20. The van der Waals surface area contributed by atoms with Crippen molar-refractivity contribution in [3.63, 3.8) is 0 Å². The van der Waals surface area contributed by atoms with Gasteiger partial charge >= 0.3 is 0 Å². The lowest BCUT2D eigenvalue weighted by atomic mass is 10.1. The molecule has 0 bridgehead atoms. The highest BCUT2D eigenvalue weighted by atomic mass is 16.5. The summed E-state index contributed by atoms with van der Waals surface area (Å²) in [7, 11) is 3.18. The maximum absolute atomic E-state index is 11.1. The highest BCUT2D eigenvalue weighted by Gasteiger charge is 2.07. The molecule has 1 N–H and O–H groups in total. The van der Waals surface area contributed by atoms with Crippen LogP contribution in [0, 0.1) is 0 Å². The molecule has 0 aliphatic heterocycles. The largest absolute Gasteiger partial charge is 0.545 e. The molecule has 0 fully saturated rings. The third-order valence-corrected chi connectivity index (χ3v) is 3.61. The lowest BCUT2D eigenvalue weighted by molar-refractivity contribution is -0.254. The molecule has 24 heavy (non-hydrogen) atoms. The van der Waals surface area contributed by atoms with Crippen LogP contribution in [0.15, 0.2) is 36.4 Å². The first-order valence-corrected chi connectivity index (χ1v) is 7.22. The molecule has 0 radical (unpaired) electrons. The molecule has 0 amide bonds. The Morgan fingerprint density at radius 2 is 2.00 bits per heavy atom. The number of aromatic nitrogens is 2. The van der Waals surface area contributed by atoms with Gasteiger partial charge in [0, 0.05) is 11.1 Å². The molecular formula is C18H15N2O4-. The number of aromatic amines is 1. The van der Waals surface area contributed by atoms with E-state index < -0.39 is 5.97 Å². The van der Waals surface area contributed by atoms with Gasteiger partial charge in [-0.3, -0.25) is 0 Å². The molecule has 6 heteroatoms. The molecule has 0 spiro atoms. The Bertz CT molecular complexity index is 928. The Morgan fingerprint density at radius 1 is 1.17 bits per heavy atom. The molecule has 0 saturated heterocycles.